The molecule has 17 heavy (non-hydrogen) atoms. The van der Waals surface area contributed by atoms with E-state index in [-0.39, 0.29) is 0 Å². The topological polar surface area (TPSA) is 53.1 Å². The number of nitrogens with two attached hydrogens (primary N) is 1. The second kappa shape index (κ2) is 4.91. The average Bonchev–Trinajstić information content (AvgIpc) is 2.67. The van der Waals surface area contributed by atoms with Gasteiger partial charge in [0.05, 0.1) is 5.69 Å². The zero-order valence-corrected chi connectivity index (χ0v) is 10.2. The number of anilines is 1. The molecule has 1 aromatic carbocycles. The Labute approximate surface area is 101 Å². The molecule has 0 bridgehead atoms. The summed E-state index contributed by atoms with van der Waals surface area (Å²) in [4.78, 5) is 4.23. The summed E-state index contributed by atoms with van der Waals surface area (Å²) in [5, 5.41) is 0. The van der Waals surface area contributed by atoms with Crippen LogP contribution in [0, 0.1) is 6.92 Å². The SMILES string of the molecule is CCn1cc(COc2cccc(C)c2)nc1N. The van der Waals surface area contributed by atoms with Gasteiger partial charge < -0.3 is 15.0 Å². The van der Waals surface area contributed by atoms with E-state index < -0.39 is 0 Å². The van der Waals surface area contributed by atoms with Crippen molar-refractivity contribution in [3.8, 4) is 5.75 Å². The molecule has 2 aromatic rings. The first-order valence-corrected chi connectivity index (χ1v) is 5.70. The third-order valence-electron chi connectivity index (χ3n) is 2.57. The van der Waals surface area contributed by atoms with Crippen LogP contribution in [0.25, 0.3) is 0 Å². The largest absolute Gasteiger partial charge is 0.487 e. The first-order valence-electron chi connectivity index (χ1n) is 5.70. The molecule has 0 amide bonds. The normalized spacial score (nSPS) is 10.5. The van der Waals surface area contributed by atoms with Gasteiger partial charge >= 0.3 is 0 Å². The van der Waals surface area contributed by atoms with E-state index in [0.29, 0.717) is 12.6 Å². The van der Waals surface area contributed by atoms with Crippen molar-refractivity contribution in [2.24, 2.45) is 0 Å². The molecule has 0 fully saturated rings. The molecule has 0 aliphatic rings. The minimum Gasteiger partial charge on any atom is -0.487 e. The molecule has 4 nitrogen and oxygen atoms in total. The van der Waals surface area contributed by atoms with Crippen LogP contribution < -0.4 is 10.5 Å². The van der Waals surface area contributed by atoms with E-state index in [1.165, 1.54) is 5.56 Å². The first kappa shape index (κ1) is 11.5. The van der Waals surface area contributed by atoms with Crippen molar-refractivity contribution < 1.29 is 4.74 Å². The van der Waals surface area contributed by atoms with Gasteiger partial charge in [-0.2, -0.15) is 0 Å². The first-order chi connectivity index (χ1) is 8.19. The molecule has 0 spiro atoms. The smallest absolute Gasteiger partial charge is 0.200 e. The lowest BCUT2D eigenvalue weighted by Crippen LogP contribution is -1.98. The molecule has 1 heterocycles. The average molecular weight is 231 g/mol. The fraction of sp³-hybridized carbons (Fsp3) is 0.308. The third kappa shape index (κ3) is 2.78. The van der Waals surface area contributed by atoms with Crippen LogP contribution in [0.1, 0.15) is 18.2 Å². The number of rotatable bonds is 4. The van der Waals surface area contributed by atoms with Gasteiger partial charge in [0.15, 0.2) is 5.95 Å². The van der Waals surface area contributed by atoms with E-state index in [4.69, 9.17) is 10.5 Å². The molecule has 2 N–H and O–H groups in total. The van der Waals surface area contributed by atoms with Crippen LogP contribution in [0.4, 0.5) is 5.95 Å². The van der Waals surface area contributed by atoms with Crippen molar-refractivity contribution in [3.05, 3.63) is 41.7 Å². The number of hydrogen-bond donors (Lipinski definition) is 1. The summed E-state index contributed by atoms with van der Waals surface area (Å²) in [5.41, 5.74) is 7.78. The number of nitrogens with zero attached hydrogens (tertiary/aromatic N) is 2. The highest BCUT2D eigenvalue weighted by atomic mass is 16.5. The Hall–Kier alpha value is -1.97. The minimum atomic E-state index is 0.445. The standard InChI is InChI=1S/C13H17N3O/c1-3-16-8-11(15-13(16)14)9-17-12-6-4-5-10(2)7-12/h4-8H,3,9H2,1-2H3,(H2,14,15). The number of aromatic nitrogens is 2. The number of benzene rings is 1. The lowest BCUT2D eigenvalue weighted by atomic mass is 10.2. The van der Waals surface area contributed by atoms with Gasteiger partial charge in [-0.05, 0) is 31.5 Å². The summed E-state index contributed by atoms with van der Waals surface area (Å²) >= 11 is 0. The minimum absolute atomic E-state index is 0.445. The van der Waals surface area contributed by atoms with Crippen LogP contribution >= 0.6 is 0 Å². The third-order valence-corrected chi connectivity index (χ3v) is 2.57. The Morgan fingerprint density at radius 2 is 2.24 bits per heavy atom. The Balaban J connectivity index is 2.02. The zero-order chi connectivity index (χ0) is 12.3. The fourth-order valence-corrected chi connectivity index (χ4v) is 1.67. The highest BCUT2D eigenvalue weighted by Crippen LogP contribution is 2.14. The molecule has 0 radical (unpaired) electrons. The van der Waals surface area contributed by atoms with Crippen LogP contribution in [0.3, 0.4) is 0 Å². The van der Waals surface area contributed by atoms with Crippen molar-refractivity contribution >= 4 is 5.95 Å². The highest BCUT2D eigenvalue weighted by molar-refractivity contribution is 5.28. The second-order valence-corrected chi connectivity index (χ2v) is 3.98. The van der Waals surface area contributed by atoms with E-state index in [0.717, 1.165) is 18.0 Å². The Morgan fingerprint density at radius 3 is 2.88 bits per heavy atom. The molecular formula is C13H17N3O. The number of nitrogen functional groups attached to an aromatic ring is 1. The van der Waals surface area contributed by atoms with Crippen LogP contribution in [-0.4, -0.2) is 9.55 Å². The van der Waals surface area contributed by atoms with E-state index >= 15 is 0 Å². The van der Waals surface area contributed by atoms with Crippen molar-refractivity contribution in [2.45, 2.75) is 27.0 Å². The van der Waals surface area contributed by atoms with E-state index in [1.54, 1.807) is 0 Å². The number of aryl methyl sites for hydroxylation is 2. The van der Waals surface area contributed by atoms with Gasteiger partial charge in [-0.1, -0.05) is 12.1 Å². The molecule has 1 aromatic heterocycles. The van der Waals surface area contributed by atoms with E-state index in [9.17, 15) is 0 Å². The molecule has 2 rings (SSSR count). The second-order valence-electron chi connectivity index (χ2n) is 3.98. The maximum absolute atomic E-state index is 5.74. The number of hydrogen-bond acceptors (Lipinski definition) is 3. The Morgan fingerprint density at radius 1 is 1.41 bits per heavy atom. The highest BCUT2D eigenvalue weighted by Gasteiger charge is 2.04. The van der Waals surface area contributed by atoms with Gasteiger partial charge in [-0.3, -0.25) is 0 Å². The molecule has 0 saturated heterocycles. The molecule has 0 unspecified atom stereocenters. The van der Waals surface area contributed by atoms with Gasteiger partial charge in [0.1, 0.15) is 12.4 Å². The van der Waals surface area contributed by atoms with Crippen LogP contribution in [0.2, 0.25) is 0 Å². The van der Waals surface area contributed by atoms with Crippen LogP contribution in [-0.2, 0) is 13.2 Å². The van der Waals surface area contributed by atoms with Gasteiger partial charge in [0, 0.05) is 12.7 Å². The van der Waals surface area contributed by atoms with Crippen molar-refractivity contribution in [1.29, 1.82) is 0 Å². The molecule has 4 heteroatoms. The molecule has 0 saturated carbocycles. The maximum Gasteiger partial charge on any atom is 0.200 e. The summed E-state index contributed by atoms with van der Waals surface area (Å²) in [7, 11) is 0. The lowest BCUT2D eigenvalue weighted by molar-refractivity contribution is 0.301. The summed E-state index contributed by atoms with van der Waals surface area (Å²) in [6.07, 6.45) is 1.92. The number of imidazole rings is 1. The number of ether oxygens (including phenoxy) is 1. The quantitative estimate of drug-likeness (QED) is 0.878. The van der Waals surface area contributed by atoms with E-state index in [1.807, 2.05) is 48.9 Å². The van der Waals surface area contributed by atoms with Crippen LogP contribution in [0.15, 0.2) is 30.5 Å². The molecule has 0 aliphatic heterocycles. The van der Waals surface area contributed by atoms with Gasteiger partial charge in [0.25, 0.3) is 0 Å². The molecule has 0 atom stereocenters. The van der Waals surface area contributed by atoms with Gasteiger partial charge in [-0.15, -0.1) is 0 Å². The van der Waals surface area contributed by atoms with Crippen molar-refractivity contribution in [3.63, 3.8) is 0 Å². The van der Waals surface area contributed by atoms with Gasteiger partial charge in [-0.25, -0.2) is 4.98 Å². The molecule has 90 valence electrons. The van der Waals surface area contributed by atoms with Crippen molar-refractivity contribution in [1.82, 2.24) is 9.55 Å². The predicted octanol–water partition coefficient (Wildman–Crippen LogP) is 2.37. The van der Waals surface area contributed by atoms with Gasteiger partial charge in [0.2, 0.25) is 0 Å². The summed E-state index contributed by atoms with van der Waals surface area (Å²) in [6, 6.07) is 7.95. The Kier molecular flexibility index (Phi) is 3.32. The van der Waals surface area contributed by atoms with E-state index in [2.05, 4.69) is 4.98 Å². The zero-order valence-electron chi connectivity index (χ0n) is 10.2. The summed E-state index contributed by atoms with van der Waals surface area (Å²) in [5.74, 6) is 1.39. The molecule has 0 aliphatic carbocycles. The summed E-state index contributed by atoms with van der Waals surface area (Å²) in [6.45, 7) is 5.34. The Bertz CT molecular complexity index is 505. The van der Waals surface area contributed by atoms with Crippen LogP contribution in [0.5, 0.6) is 5.75 Å². The van der Waals surface area contributed by atoms with Crippen molar-refractivity contribution in [2.75, 3.05) is 5.73 Å². The predicted molar refractivity (Wildman–Crippen MR) is 67.8 cm³/mol. The lowest BCUT2D eigenvalue weighted by Gasteiger charge is -2.04. The maximum atomic E-state index is 5.74. The fourth-order valence-electron chi connectivity index (χ4n) is 1.67. The summed E-state index contributed by atoms with van der Waals surface area (Å²) < 4.78 is 7.55. The molecular weight excluding hydrogens is 214 g/mol. The monoisotopic (exact) mass is 231 g/mol.